The van der Waals surface area contributed by atoms with E-state index < -0.39 is 28.6 Å². The number of anilines is 1. The van der Waals surface area contributed by atoms with E-state index >= 15 is 0 Å². The highest BCUT2D eigenvalue weighted by atomic mass is 32.1. The molecule has 9 heteroatoms. The number of hydrogen-bond donors (Lipinski definition) is 1. The van der Waals surface area contributed by atoms with Gasteiger partial charge >= 0.3 is 12.4 Å². The lowest BCUT2D eigenvalue weighted by Crippen LogP contribution is -2.08. The molecule has 0 saturated carbocycles. The summed E-state index contributed by atoms with van der Waals surface area (Å²) in [7, 11) is 0. The number of rotatable bonds is 2. The molecule has 114 valence electrons. The molecule has 0 saturated heterocycles. The van der Waals surface area contributed by atoms with Crippen LogP contribution in [0.5, 0.6) is 0 Å². The zero-order chi connectivity index (χ0) is 15.8. The van der Waals surface area contributed by atoms with E-state index in [0.29, 0.717) is 11.3 Å². The first-order valence-electron chi connectivity index (χ1n) is 5.56. The van der Waals surface area contributed by atoms with Gasteiger partial charge in [-0.05, 0) is 11.6 Å². The Morgan fingerprint density at radius 3 is 2.24 bits per heavy atom. The molecule has 1 aromatic carbocycles. The fourth-order valence-electron chi connectivity index (χ4n) is 1.69. The van der Waals surface area contributed by atoms with Crippen LogP contribution < -0.4 is 5.73 Å². The van der Waals surface area contributed by atoms with Gasteiger partial charge < -0.3 is 5.73 Å². The summed E-state index contributed by atoms with van der Waals surface area (Å²) in [6.45, 7) is 0. The standard InChI is InChI=1S/C12H8F6N2S/c13-11(14,15)7-3-1-2-6(4-7)5-8-20-9(10(19)21-8)12(16,17)18/h1-4H,5,19H2. The Bertz CT molecular complexity index is 644. The van der Waals surface area contributed by atoms with E-state index in [2.05, 4.69) is 4.98 Å². The van der Waals surface area contributed by atoms with Crippen molar-refractivity contribution >= 4 is 16.3 Å². The molecule has 1 heterocycles. The van der Waals surface area contributed by atoms with Gasteiger partial charge in [-0.15, -0.1) is 11.3 Å². The van der Waals surface area contributed by atoms with Crippen molar-refractivity contribution in [3.8, 4) is 0 Å². The van der Waals surface area contributed by atoms with Crippen molar-refractivity contribution in [3.63, 3.8) is 0 Å². The topological polar surface area (TPSA) is 38.9 Å². The number of hydrogen-bond acceptors (Lipinski definition) is 3. The molecule has 1 aromatic heterocycles. The van der Waals surface area contributed by atoms with E-state index in [0.717, 1.165) is 12.1 Å². The van der Waals surface area contributed by atoms with Crippen LogP contribution in [0.15, 0.2) is 24.3 Å². The van der Waals surface area contributed by atoms with Crippen LogP contribution >= 0.6 is 11.3 Å². The third-order valence-electron chi connectivity index (χ3n) is 2.58. The van der Waals surface area contributed by atoms with Crippen LogP contribution in [0.3, 0.4) is 0 Å². The van der Waals surface area contributed by atoms with E-state index in [1.807, 2.05) is 0 Å². The first kappa shape index (κ1) is 15.6. The van der Waals surface area contributed by atoms with Gasteiger partial charge in [0.25, 0.3) is 0 Å². The molecule has 0 radical (unpaired) electrons. The van der Waals surface area contributed by atoms with Crippen molar-refractivity contribution in [2.24, 2.45) is 0 Å². The van der Waals surface area contributed by atoms with E-state index in [1.54, 1.807) is 0 Å². The van der Waals surface area contributed by atoms with Crippen LogP contribution in [0.25, 0.3) is 0 Å². The molecule has 2 N–H and O–H groups in total. The van der Waals surface area contributed by atoms with E-state index in [1.165, 1.54) is 12.1 Å². The summed E-state index contributed by atoms with van der Waals surface area (Å²) in [6, 6.07) is 4.35. The lowest BCUT2D eigenvalue weighted by atomic mass is 10.1. The van der Waals surface area contributed by atoms with Crippen LogP contribution in [0.2, 0.25) is 0 Å². The first-order valence-corrected chi connectivity index (χ1v) is 6.37. The maximum absolute atomic E-state index is 12.5. The van der Waals surface area contributed by atoms with Gasteiger partial charge in [0, 0.05) is 6.42 Å². The van der Waals surface area contributed by atoms with Crippen LogP contribution in [-0.2, 0) is 18.8 Å². The van der Waals surface area contributed by atoms with E-state index in [4.69, 9.17) is 5.73 Å². The largest absolute Gasteiger partial charge is 0.436 e. The average Bonchev–Trinajstić information content (AvgIpc) is 2.69. The molecule has 0 bridgehead atoms. The van der Waals surface area contributed by atoms with Crippen molar-refractivity contribution in [1.82, 2.24) is 4.98 Å². The molecular formula is C12H8F6N2S. The van der Waals surface area contributed by atoms with E-state index in [9.17, 15) is 26.3 Å². The van der Waals surface area contributed by atoms with Gasteiger partial charge in [0.15, 0.2) is 5.69 Å². The molecule has 0 spiro atoms. The number of aromatic nitrogens is 1. The second-order valence-corrected chi connectivity index (χ2v) is 5.31. The van der Waals surface area contributed by atoms with Crippen LogP contribution in [-0.4, -0.2) is 4.98 Å². The number of nitrogen functional groups attached to an aromatic ring is 1. The Hall–Kier alpha value is -1.77. The Kier molecular flexibility index (Phi) is 3.87. The lowest BCUT2D eigenvalue weighted by molar-refractivity contribution is -0.140. The first-order chi connectivity index (χ1) is 9.57. The zero-order valence-corrected chi connectivity index (χ0v) is 11.0. The smallest absolute Gasteiger partial charge is 0.389 e. The number of nitrogens with zero attached hydrogens (tertiary/aromatic N) is 1. The number of nitrogens with two attached hydrogens (primary N) is 1. The molecule has 0 atom stereocenters. The Balaban J connectivity index is 2.27. The maximum atomic E-state index is 12.5. The molecule has 2 rings (SSSR count). The number of halogens is 6. The number of thiazole rings is 1. The predicted molar refractivity (Wildman–Crippen MR) is 65.8 cm³/mol. The molecule has 2 aromatic rings. The molecule has 0 fully saturated rings. The summed E-state index contributed by atoms with van der Waals surface area (Å²) in [5.74, 6) is 0. The van der Waals surface area contributed by atoms with Crippen molar-refractivity contribution in [2.45, 2.75) is 18.8 Å². The summed E-state index contributed by atoms with van der Waals surface area (Å²) in [5.41, 5.74) is 3.39. The van der Waals surface area contributed by atoms with Gasteiger partial charge in [-0.2, -0.15) is 26.3 Å². The zero-order valence-electron chi connectivity index (χ0n) is 10.2. The molecule has 2 nitrogen and oxygen atoms in total. The highest BCUT2D eigenvalue weighted by Crippen LogP contribution is 2.37. The maximum Gasteiger partial charge on any atom is 0.436 e. The van der Waals surface area contributed by atoms with Gasteiger partial charge in [-0.25, -0.2) is 4.98 Å². The minimum Gasteiger partial charge on any atom is -0.389 e. The average molecular weight is 326 g/mol. The third kappa shape index (κ3) is 3.66. The van der Waals surface area contributed by atoms with Crippen molar-refractivity contribution in [2.75, 3.05) is 5.73 Å². The molecule has 0 unspecified atom stereocenters. The SMILES string of the molecule is Nc1sc(Cc2cccc(C(F)(F)F)c2)nc1C(F)(F)F. The van der Waals surface area contributed by atoms with Crippen LogP contribution in [0.1, 0.15) is 21.8 Å². The highest BCUT2D eigenvalue weighted by Gasteiger charge is 2.37. The Labute approximate surface area is 119 Å². The van der Waals surface area contributed by atoms with Gasteiger partial charge in [0.05, 0.1) is 10.6 Å². The van der Waals surface area contributed by atoms with Crippen molar-refractivity contribution < 1.29 is 26.3 Å². The Morgan fingerprint density at radius 2 is 1.71 bits per heavy atom. The molecule has 21 heavy (non-hydrogen) atoms. The molecule has 0 aliphatic heterocycles. The molecule has 0 aliphatic rings. The Morgan fingerprint density at radius 1 is 1.05 bits per heavy atom. The van der Waals surface area contributed by atoms with Crippen LogP contribution in [0, 0.1) is 0 Å². The summed E-state index contributed by atoms with van der Waals surface area (Å²) in [6.07, 6.45) is -9.32. The summed E-state index contributed by atoms with van der Waals surface area (Å²) in [4.78, 5) is 3.36. The van der Waals surface area contributed by atoms with Gasteiger partial charge in [-0.1, -0.05) is 18.2 Å². The highest BCUT2D eigenvalue weighted by molar-refractivity contribution is 7.15. The van der Waals surface area contributed by atoms with Crippen LogP contribution in [0.4, 0.5) is 31.3 Å². The summed E-state index contributed by atoms with van der Waals surface area (Å²) < 4.78 is 75.3. The minimum atomic E-state index is -4.67. The summed E-state index contributed by atoms with van der Waals surface area (Å²) >= 11 is 0.615. The third-order valence-corrected chi connectivity index (χ3v) is 3.46. The van der Waals surface area contributed by atoms with Gasteiger partial charge in [0.2, 0.25) is 0 Å². The second-order valence-electron chi connectivity index (χ2n) is 4.19. The number of benzene rings is 1. The van der Waals surface area contributed by atoms with Crippen molar-refractivity contribution in [1.29, 1.82) is 0 Å². The fraction of sp³-hybridized carbons (Fsp3) is 0.250. The fourth-order valence-corrected chi connectivity index (χ4v) is 2.58. The quantitative estimate of drug-likeness (QED) is 0.833. The predicted octanol–water partition coefficient (Wildman–Crippen LogP) is 4.35. The lowest BCUT2D eigenvalue weighted by Gasteiger charge is -2.07. The minimum absolute atomic E-state index is 0.0131. The summed E-state index contributed by atoms with van der Waals surface area (Å²) in [5, 5.41) is -0.483. The second kappa shape index (κ2) is 5.21. The van der Waals surface area contributed by atoms with Gasteiger partial charge in [0.1, 0.15) is 5.00 Å². The molecular weight excluding hydrogens is 318 g/mol. The van der Waals surface area contributed by atoms with E-state index in [-0.39, 0.29) is 17.0 Å². The monoisotopic (exact) mass is 326 g/mol. The molecule has 0 amide bonds. The molecule has 0 aliphatic carbocycles. The normalized spacial score (nSPS) is 12.7. The van der Waals surface area contributed by atoms with Gasteiger partial charge in [-0.3, -0.25) is 0 Å². The number of alkyl halides is 6. The van der Waals surface area contributed by atoms with Crippen molar-refractivity contribution in [3.05, 3.63) is 46.1 Å².